The van der Waals surface area contributed by atoms with Crippen LogP contribution in [0, 0.1) is 6.92 Å². The van der Waals surface area contributed by atoms with Gasteiger partial charge in [0.25, 0.3) is 0 Å². The van der Waals surface area contributed by atoms with Crippen LogP contribution in [0.25, 0.3) is 0 Å². The van der Waals surface area contributed by atoms with Gasteiger partial charge in [-0.15, -0.1) is 11.8 Å². The zero-order chi connectivity index (χ0) is 23.3. The number of hydrogen-bond acceptors (Lipinski definition) is 5. The molecule has 0 fully saturated rings. The molecule has 6 nitrogen and oxygen atoms in total. The molecule has 0 radical (unpaired) electrons. The third kappa shape index (κ3) is 6.22. The fourth-order valence-electron chi connectivity index (χ4n) is 3.95. The van der Waals surface area contributed by atoms with Gasteiger partial charge in [0.05, 0.1) is 11.5 Å². The summed E-state index contributed by atoms with van der Waals surface area (Å²) >= 11 is 1.54. The van der Waals surface area contributed by atoms with Crippen LogP contribution in [-0.4, -0.2) is 36.5 Å². The highest BCUT2D eigenvalue weighted by molar-refractivity contribution is 8.00. The number of carbonyl (C=O) groups excluding carboxylic acids is 1. The summed E-state index contributed by atoms with van der Waals surface area (Å²) in [5.41, 5.74) is 4.56. The van der Waals surface area contributed by atoms with Crippen LogP contribution in [0.15, 0.2) is 71.8 Å². The maximum atomic E-state index is 12.8. The molecule has 2 heterocycles. The molecule has 0 atom stereocenters. The third-order valence-corrected chi connectivity index (χ3v) is 8.02. The first-order valence-corrected chi connectivity index (χ1v) is 13.5. The first-order valence-electron chi connectivity index (χ1n) is 10.8. The summed E-state index contributed by atoms with van der Waals surface area (Å²) in [5.74, 6) is 0.432. The van der Waals surface area contributed by atoms with E-state index in [1.54, 1.807) is 12.1 Å². The van der Waals surface area contributed by atoms with Gasteiger partial charge in [-0.05, 0) is 47.7 Å². The number of sulfonamides is 1. The Morgan fingerprint density at radius 2 is 1.79 bits per heavy atom. The summed E-state index contributed by atoms with van der Waals surface area (Å²) < 4.78 is 27.9. The molecule has 0 saturated carbocycles. The Labute approximate surface area is 199 Å². The summed E-state index contributed by atoms with van der Waals surface area (Å²) in [6.45, 7) is 3.22. The van der Waals surface area contributed by atoms with E-state index in [0.717, 1.165) is 32.8 Å². The lowest BCUT2D eigenvalue weighted by Gasteiger charge is -2.30. The molecular weight excluding hydrogens is 454 g/mol. The molecule has 0 bridgehead atoms. The Balaban J connectivity index is 1.40. The van der Waals surface area contributed by atoms with E-state index in [0.29, 0.717) is 25.3 Å². The predicted octanol–water partition coefficient (Wildman–Crippen LogP) is 3.69. The van der Waals surface area contributed by atoms with Gasteiger partial charge < -0.3 is 4.90 Å². The van der Waals surface area contributed by atoms with Crippen molar-refractivity contribution in [1.29, 1.82) is 0 Å². The summed E-state index contributed by atoms with van der Waals surface area (Å²) in [4.78, 5) is 20.2. The van der Waals surface area contributed by atoms with Crippen molar-refractivity contribution in [2.24, 2.45) is 0 Å². The second-order valence-electron chi connectivity index (χ2n) is 8.06. The fourth-order valence-corrected chi connectivity index (χ4v) is 5.87. The number of hydrogen-bond donors (Lipinski definition) is 1. The quantitative estimate of drug-likeness (QED) is 0.497. The molecule has 1 aliphatic rings. The molecule has 0 saturated heterocycles. The van der Waals surface area contributed by atoms with Crippen LogP contribution in [0.2, 0.25) is 0 Å². The summed E-state index contributed by atoms with van der Waals surface area (Å²) in [5, 5.41) is 0. The van der Waals surface area contributed by atoms with Crippen molar-refractivity contribution in [3.63, 3.8) is 0 Å². The number of benzene rings is 2. The van der Waals surface area contributed by atoms with Crippen LogP contribution in [0.5, 0.6) is 0 Å². The molecule has 172 valence electrons. The maximum Gasteiger partial charge on any atom is 0.233 e. The highest BCUT2D eigenvalue weighted by atomic mass is 32.2. The number of aryl methyl sites for hydroxylation is 1. The highest BCUT2D eigenvalue weighted by Crippen LogP contribution is 2.25. The van der Waals surface area contributed by atoms with Crippen molar-refractivity contribution < 1.29 is 13.2 Å². The Morgan fingerprint density at radius 3 is 2.52 bits per heavy atom. The van der Waals surface area contributed by atoms with E-state index in [4.69, 9.17) is 0 Å². The standard InChI is InChI=1S/C25H27N3O3S2/c1-19-24(15-27-33(30,31)18-20-8-4-2-5-9-20)23-12-13-28(16-21(23)14-26-19)25(29)17-32-22-10-6-3-7-11-22/h2-11,14,27H,12-13,15-18H2,1H3. The van der Waals surface area contributed by atoms with Gasteiger partial charge in [0.1, 0.15) is 0 Å². The Morgan fingerprint density at radius 1 is 1.09 bits per heavy atom. The van der Waals surface area contributed by atoms with Crippen LogP contribution in [0.3, 0.4) is 0 Å². The molecule has 1 amide bonds. The first kappa shape index (κ1) is 23.5. The largest absolute Gasteiger partial charge is 0.337 e. The number of fused-ring (bicyclic) bond motifs is 1. The molecule has 1 aliphatic heterocycles. The molecule has 3 aromatic rings. The molecule has 8 heteroatoms. The molecule has 0 aliphatic carbocycles. The first-order chi connectivity index (χ1) is 15.9. The smallest absolute Gasteiger partial charge is 0.233 e. The molecule has 33 heavy (non-hydrogen) atoms. The zero-order valence-corrected chi connectivity index (χ0v) is 20.2. The van der Waals surface area contributed by atoms with Gasteiger partial charge in [-0.25, -0.2) is 13.1 Å². The van der Waals surface area contributed by atoms with Crippen molar-refractivity contribution in [3.05, 3.63) is 94.8 Å². The van der Waals surface area contributed by atoms with Crippen LogP contribution >= 0.6 is 11.8 Å². The minimum Gasteiger partial charge on any atom is -0.337 e. The SMILES string of the molecule is Cc1ncc2c(c1CNS(=O)(=O)Cc1ccccc1)CCN(C(=O)CSc1ccccc1)C2. The molecular formula is C25H27N3O3S2. The Hall–Kier alpha value is -2.68. The van der Waals surface area contributed by atoms with Crippen molar-refractivity contribution in [2.75, 3.05) is 12.3 Å². The van der Waals surface area contributed by atoms with Crippen LogP contribution in [-0.2, 0) is 40.1 Å². The number of amides is 1. The number of pyridine rings is 1. The van der Waals surface area contributed by atoms with Gasteiger partial charge in [-0.2, -0.15) is 0 Å². The monoisotopic (exact) mass is 481 g/mol. The number of aromatic nitrogens is 1. The van der Waals surface area contributed by atoms with Crippen LogP contribution in [0.4, 0.5) is 0 Å². The maximum absolute atomic E-state index is 12.8. The summed E-state index contributed by atoms with van der Waals surface area (Å²) in [6, 6.07) is 19.0. The number of rotatable bonds is 8. The van der Waals surface area contributed by atoms with Crippen LogP contribution in [0.1, 0.15) is 27.9 Å². The fraction of sp³-hybridized carbons (Fsp3) is 0.280. The predicted molar refractivity (Wildman–Crippen MR) is 131 cm³/mol. The second kappa shape index (κ2) is 10.5. The van der Waals surface area contributed by atoms with Gasteiger partial charge in [0.2, 0.25) is 15.9 Å². The molecule has 1 N–H and O–H groups in total. The highest BCUT2D eigenvalue weighted by Gasteiger charge is 2.24. The third-order valence-electron chi connectivity index (χ3n) is 5.72. The van der Waals surface area contributed by atoms with E-state index < -0.39 is 10.0 Å². The van der Waals surface area contributed by atoms with Crippen molar-refractivity contribution >= 4 is 27.7 Å². The van der Waals surface area contributed by atoms with Gasteiger partial charge in [0.15, 0.2) is 0 Å². The second-order valence-corrected chi connectivity index (χ2v) is 10.9. The van der Waals surface area contributed by atoms with E-state index >= 15 is 0 Å². The number of carbonyl (C=O) groups is 1. The Bertz CT molecular complexity index is 1220. The molecule has 0 unspecified atom stereocenters. The van der Waals surface area contributed by atoms with Gasteiger partial charge >= 0.3 is 0 Å². The topological polar surface area (TPSA) is 79.4 Å². The average Bonchev–Trinajstić information content (AvgIpc) is 2.82. The normalized spacial score (nSPS) is 13.5. The minimum atomic E-state index is -3.48. The summed E-state index contributed by atoms with van der Waals surface area (Å²) in [6.07, 6.45) is 2.51. The lowest BCUT2D eigenvalue weighted by molar-refractivity contribution is -0.129. The Kier molecular flexibility index (Phi) is 7.47. The molecule has 1 aromatic heterocycles. The lowest BCUT2D eigenvalue weighted by Crippen LogP contribution is -2.38. The molecule has 4 rings (SSSR count). The van der Waals surface area contributed by atoms with Crippen molar-refractivity contribution in [2.45, 2.75) is 37.1 Å². The molecule has 2 aromatic carbocycles. The lowest BCUT2D eigenvalue weighted by atomic mass is 9.95. The van der Waals surface area contributed by atoms with E-state index in [9.17, 15) is 13.2 Å². The van der Waals surface area contributed by atoms with Crippen molar-refractivity contribution in [3.8, 4) is 0 Å². The zero-order valence-electron chi connectivity index (χ0n) is 18.5. The molecule has 0 spiro atoms. The average molecular weight is 482 g/mol. The van der Waals surface area contributed by atoms with E-state index in [-0.39, 0.29) is 18.2 Å². The number of nitrogens with zero attached hydrogens (tertiary/aromatic N) is 2. The number of thioether (sulfide) groups is 1. The van der Waals surface area contributed by atoms with E-state index in [1.807, 2.05) is 66.6 Å². The number of nitrogens with one attached hydrogen (secondary N) is 1. The van der Waals surface area contributed by atoms with E-state index in [2.05, 4.69) is 9.71 Å². The van der Waals surface area contributed by atoms with Gasteiger partial charge in [-0.1, -0.05) is 48.5 Å². The minimum absolute atomic E-state index is 0.0588. The van der Waals surface area contributed by atoms with Crippen LogP contribution < -0.4 is 4.72 Å². The van der Waals surface area contributed by atoms with E-state index in [1.165, 1.54) is 11.8 Å². The van der Waals surface area contributed by atoms with Crippen molar-refractivity contribution in [1.82, 2.24) is 14.6 Å². The van der Waals surface area contributed by atoms with Gasteiger partial charge in [0, 0.05) is 36.4 Å². The van der Waals surface area contributed by atoms with Gasteiger partial charge in [-0.3, -0.25) is 9.78 Å². The summed E-state index contributed by atoms with van der Waals surface area (Å²) in [7, 11) is -3.48.